The zero-order valence-electron chi connectivity index (χ0n) is 10.9. The van der Waals surface area contributed by atoms with Crippen molar-refractivity contribution in [2.24, 2.45) is 0 Å². The minimum Gasteiger partial charge on any atom is -0.393 e. The Labute approximate surface area is 108 Å². The molecule has 1 unspecified atom stereocenters. The van der Waals surface area contributed by atoms with Crippen LogP contribution in [0.2, 0.25) is 0 Å². The van der Waals surface area contributed by atoms with E-state index in [4.69, 9.17) is 5.11 Å². The van der Waals surface area contributed by atoms with Crippen molar-refractivity contribution in [2.45, 2.75) is 50.7 Å². The molecule has 1 fully saturated rings. The monoisotopic (exact) mass is 251 g/mol. The SMILES string of the molecule is CC(O)CCCNC1CC(c2ccccc2F)C1. The van der Waals surface area contributed by atoms with Crippen molar-refractivity contribution in [3.05, 3.63) is 35.6 Å². The number of hydrogen-bond acceptors (Lipinski definition) is 2. The summed E-state index contributed by atoms with van der Waals surface area (Å²) in [4.78, 5) is 0. The average molecular weight is 251 g/mol. The zero-order valence-corrected chi connectivity index (χ0v) is 10.9. The molecule has 0 aliphatic heterocycles. The third-order valence-electron chi connectivity index (χ3n) is 3.71. The van der Waals surface area contributed by atoms with Gasteiger partial charge in [0.1, 0.15) is 5.82 Å². The van der Waals surface area contributed by atoms with Crippen LogP contribution < -0.4 is 5.32 Å². The van der Waals surface area contributed by atoms with Gasteiger partial charge in [0, 0.05) is 6.04 Å². The van der Waals surface area contributed by atoms with Crippen LogP contribution in [0.1, 0.15) is 44.1 Å². The van der Waals surface area contributed by atoms with Crippen LogP contribution in [-0.4, -0.2) is 23.8 Å². The minimum absolute atomic E-state index is 0.0740. The second-order valence-corrected chi connectivity index (χ2v) is 5.33. The summed E-state index contributed by atoms with van der Waals surface area (Å²) in [7, 11) is 0. The molecule has 2 rings (SSSR count). The van der Waals surface area contributed by atoms with Gasteiger partial charge >= 0.3 is 0 Å². The second kappa shape index (κ2) is 6.30. The molecule has 0 aromatic heterocycles. The van der Waals surface area contributed by atoms with Gasteiger partial charge in [-0.3, -0.25) is 0 Å². The van der Waals surface area contributed by atoms with E-state index in [1.807, 2.05) is 19.1 Å². The first-order chi connectivity index (χ1) is 8.66. The molecule has 0 radical (unpaired) electrons. The molecule has 0 heterocycles. The Morgan fingerprint density at radius 2 is 2.11 bits per heavy atom. The summed E-state index contributed by atoms with van der Waals surface area (Å²) in [6.07, 6.45) is 3.68. The lowest BCUT2D eigenvalue weighted by Gasteiger charge is -2.36. The first-order valence-electron chi connectivity index (χ1n) is 6.82. The van der Waals surface area contributed by atoms with Crippen molar-refractivity contribution in [2.75, 3.05) is 6.54 Å². The summed E-state index contributed by atoms with van der Waals surface area (Å²) in [6, 6.07) is 7.59. The van der Waals surface area contributed by atoms with Crippen LogP contribution in [-0.2, 0) is 0 Å². The van der Waals surface area contributed by atoms with E-state index in [0.717, 1.165) is 37.8 Å². The van der Waals surface area contributed by atoms with E-state index in [1.54, 1.807) is 12.1 Å². The lowest BCUT2D eigenvalue weighted by atomic mass is 9.75. The molecule has 100 valence electrons. The normalized spacial score (nSPS) is 24.6. The first kappa shape index (κ1) is 13.5. The molecule has 1 aliphatic carbocycles. The highest BCUT2D eigenvalue weighted by atomic mass is 19.1. The third-order valence-corrected chi connectivity index (χ3v) is 3.71. The Morgan fingerprint density at radius 3 is 2.78 bits per heavy atom. The van der Waals surface area contributed by atoms with Gasteiger partial charge in [0.2, 0.25) is 0 Å². The van der Waals surface area contributed by atoms with Crippen LogP contribution in [0.5, 0.6) is 0 Å². The molecule has 2 nitrogen and oxygen atoms in total. The van der Waals surface area contributed by atoms with Crippen LogP contribution in [0.25, 0.3) is 0 Å². The second-order valence-electron chi connectivity index (χ2n) is 5.33. The van der Waals surface area contributed by atoms with Crippen LogP contribution in [0.4, 0.5) is 4.39 Å². The lowest BCUT2D eigenvalue weighted by Crippen LogP contribution is -2.40. The summed E-state index contributed by atoms with van der Waals surface area (Å²) in [6.45, 7) is 2.76. The van der Waals surface area contributed by atoms with Crippen molar-refractivity contribution in [3.63, 3.8) is 0 Å². The molecule has 1 saturated carbocycles. The van der Waals surface area contributed by atoms with E-state index in [-0.39, 0.29) is 11.9 Å². The van der Waals surface area contributed by atoms with Gasteiger partial charge in [0.05, 0.1) is 6.10 Å². The van der Waals surface area contributed by atoms with E-state index in [1.165, 1.54) is 0 Å². The third kappa shape index (κ3) is 3.53. The highest BCUT2D eigenvalue weighted by Crippen LogP contribution is 2.37. The van der Waals surface area contributed by atoms with Crippen LogP contribution in [0.15, 0.2) is 24.3 Å². The van der Waals surface area contributed by atoms with Crippen molar-refractivity contribution < 1.29 is 9.50 Å². The number of hydrogen-bond donors (Lipinski definition) is 2. The summed E-state index contributed by atoms with van der Waals surface area (Å²) in [5.41, 5.74) is 0.861. The van der Waals surface area contributed by atoms with Gasteiger partial charge in [0.15, 0.2) is 0 Å². The molecule has 1 aromatic rings. The van der Waals surface area contributed by atoms with Gasteiger partial charge < -0.3 is 10.4 Å². The number of aliphatic hydroxyl groups excluding tert-OH is 1. The standard InChI is InChI=1S/C15H22FNO/c1-11(18)5-4-8-17-13-9-12(10-13)14-6-2-3-7-15(14)16/h2-3,6-7,11-13,17-18H,4-5,8-10H2,1H3. The lowest BCUT2D eigenvalue weighted by molar-refractivity contribution is 0.179. The van der Waals surface area contributed by atoms with Gasteiger partial charge in [-0.25, -0.2) is 4.39 Å². The molecule has 2 N–H and O–H groups in total. The highest BCUT2D eigenvalue weighted by molar-refractivity contribution is 5.24. The first-order valence-corrected chi connectivity index (χ1v) is 6.82. The fraction of sp³-hybridized carbons (Fsp3) is 0.600. The number of nitrogens with one attached hydrogen (secondary N) is 1. The molecule has 18 heavy (non-hydrogen) atoms. The van der Waals surface area contributed by atoms with Gasteiger partial charge in [-0.05, 0) is 56.7 Å². The molecule has 0 amide bonds. The summed E-state index contributed by atoms with van der Waals surface area (Å²) >= 11 is 0. The molecule has 0 saturated heterocycles. The van der Waals surface area contributed by atoms with E-state index < -0.39 is 0 Å². The van der Waals surface area contributed by atoms with Gasteiger partial charge in [-0.2, -0.15) is 0 Å². The highest BCUT2D eigenvalue weighted by Gasteiger charge is 2.31. The summed E-state index contributed by atoms with van der Waals surface area (Å²) < 4.78 is 13.5. The van der Waals surface area contributed by atoms with Crippen molar-refractivity contribution in [1.29, 1.82) is 0 Å². The van der Waals surface area contributed by atoms with E-state index in [0.29, 0.717) is 12.0 Å². The largest absolute Gasteiger partial charge is 0.393 e. The Balaban J connectivity index is 1.67. The molecule has 0 spiro atoms. The molecule has 0 bridgehead atoms. The number of benzene rings is 1. The maximum absolute atomic E-state index is 13.5. The molecule has 1 atom stereocenters. The Morgan fingerprint density at radius 1 is 1.39 bits per heavy atom. The van der Waals surface area contributed by atoms with E-state index in [9.17, 15) is 4.39 Å². The van der Waals surface area contributed by atoms with Crippen LogP contribution in [0.3, 0.4) is 0 Å². The molecule has 3 heteroatoms. The van der Waals surface area contributed by atoms with Crippen LogP contribution in [0, 0.1) is 5.82 Å². The van der Waals surface area contributed by atoms with Crippen molar-refractivity contribution >= 4 is 0 Å². The molecule has 1 aromatic carbocycles. The predicted octanol–water partition coefficient (Wildman–Crippen LogP) is 2.82. The van der Waals surface area contributed by atoms with Crippen molar-refractivity contribution in [3.8, 4) is 0 Å². The number of aliphatic hydroxyl groups is 1. The maximum Gasteiger partial charge on any atom is 0.126 e. The maximum atomic E-state index is 13.5. The minimum atomic E-state index is -0.209. The van der Waals surface area contributed by atoms with E-state index in [2.05, 4.69) is 5.32 Å². The average Bonchev–Trinajstić information content (AvgIpc) is 2.28. The van der Waals surface area contributed by atoms with Crippen molar-refractivity contribution in [1.82, 2.24) is 5.32 Å². The molecular formula is C15H22FNO. The molecule has 1 aliphatic rings. The van der Waals surface area contributed by atoms with Gasteiger partial charge in [0.25, 0.3) is 0 Å². The number of rotatable bonds is 6. The quantitative estimate of drug-likeness (QED) is 0.762. The van der Waals surface area contributed by atoms with Gasteiger partial charge in [-0.1, -0.05) is 18.2 Å². The Hall–Kier alpha value is -0.930. The molecular weight excluding hydrogens is 229 g/mol. The topological polar surface area (TPSA) is 32.3 Å². The zero-order chi connectivity index (χ0) is 13.0. The number of halogens is 1. The Kier molecular flexibility index (Phi) is 4.72. The summed E-state index contributed by atoms with van der Waals surface area (Å²) in [5, 5.41) is 12.6. The smallest absolute Gasteiger partial charge is 0.126 e. The fourth-order valence-electron chi connectivity index (χ4n) is 2.55. The summed E-state index contributed by atoms with van der Waals surface area (Å²) in [5.74, 6) is 0.301. The van der Waals surface area contributed by atoms with Crippen LogP contribution >= 0.6 is 0 Å². The van der Waals surface area contributed by atoms with E-state index >= 15 is 0 Å². The Bertz CT molecular complexity index is 375. The van der Waals surface area contributed by atoms with Gasteiger partial charge in [-0.15, -0.1) is 0 Å². The fourth-order valence-corrected chi connectivity index (χ4v) is 2.55. The predicted molar refractivity (Wildman–Crippen MR) is 71.1 cm³/mol.